The summed E-state index contributed by atoms with van der Waals surface area (Å²) in [6.45, 7) is 4.87. The first-order chi connectivity index (χ1) is 27.3. The fourth-order valence-corrected chi connectivity index (χ4v) is 7.41. The minimum atomic E-state index is -4.82. The third kappa shape index (κ3) is 33.0. The molecule has 0 amide bonds. The van der Waals surface area contributed by atoms with Crippen LogP contribution in [0.25, 0.3) is 0 Å². The quantitative estimate of drug-likeness (QED) is 0.0214. The maximum absolute atomic E-state index is 12.9. The number of unbranched alkanes of at least 4 members (excludes halogenated alkanes) is 28. The predicted octanol–water partition coefficient (Wildman–Crippen LogP) is 11.5. The van der Waals surface area contributed by atoms with Crippen molar-refractivity contribution in [3.05, 3.63) is 53.6 Å². The fourth-order valence-electron chi connectivity index (χ4n) is 6.92. The molecule has 322 valence electrons. The number of hydrogen-bond acceptors (Lipinski definition) is 7. The van der Waals surface area contributed by atoms with Crippen molar-refractivity contribution in [3.8, 4) is 0 Å². The van der Waals surface area contributed by atoms with Gasteiger partial charge in [-0.15, -0.1) is 0 Å². The molecule has 57 heavy (non-hydrogen) atoms. The number of carbonyl (C=O) groups excluding carboxylic acids is 2. The van der Waals surface area contributed by atoms with Crippen molar-refractivity contribution in [2.24, 2.45) is 0 Å². The van der Waals surface area contributed by atoms with Crippen molar-refractivity contribution in [1.29, 1.82) is 0 Å². The first kappa shape index (κ1) is 55.5. The molecule has 0 aromatic heterocycles. The van der Waals surface area contributed by atoms with E-state index in [-0.39, 0.29) is 53.9 Å². The van der Waals surface area contributed by atoms with Crippen LogP contribution >= 0.6 is 0 Å². The molecule has 0 N–H and O–H groups in total. The number of carbonyl (C=O) groups is 2. The molecular formula is C48H81NaO7S. The molecular weight excluding hydrogens is 744 g/mol. The van der Waals surface area contributed by atoms with Crippen LogP contribution in [0.5, 0.6) is 0 Å². The smallest absolute Gasteiger partial charge is 0.744 e. The van der Waals surface area contributed by atoms with Gasteiger partial charge in [-0.05, 0) is 82.4 Å². The van der Waals surface area contributed by atoms with Crippen LogP contribution < -0.4 is 29.6 Å². The van der Waals surface area contributed by atoms with Crippen LogP contribution in [0.4, 0.5) is 0 Å². The summed E-state index contributed by atoms with van der Waals surface area (Å²) in [5.74, 6) is -1.56. The molecule has 1 aromatic carbocycles. The Kier molecular flexibility index (Phi) is 39.0. The third-order valence-electron chi connectivity index (χ3n) is 10.5. The molecule has 0 saturated carbocycles. The standard InChI is InChI=1S/C48H82O7S.Na/c1-3-5-7-9-11-13-15-17-19-21-23-25-27-29-31-33-35-37-41-54-47(49)45-40-39-44(56(51,52)53)43-46(45)48(50)55-42-38-36-34-32-30-28-26-24-22-20-18-16-14-12-10-8-6-4-2;/h21-24,39-40,43H,3-20,25-38,41-42H2,1-2H3,(H,51,52,53);/q;+1/p-1/b23-21+,24-22+;. The second-order valence-corrected chi connectivity index (χ2v) is 17.1. The van der Waals surface area contributed by atoms with Crippen LogP contribution in [0.2, 0.25) is 0 Å². The Morgan fingerprint density at radius 2 is 0.772 bits per heavy atom. The largest absolute Gasteiger partial charge is 1.00 e. The van der Waals surface area contributed by atoms with Gasteiger partial charge in [-0.3, -0.25) is 0 Å². The zero-order valence-electron chi connectivity index (χ0n) is 36.8. The van der Waals surface area contributed by atoms with Crippen LogP contribution in [0, 0.1) is 0 Å². The summed E-state index contributed by atoms with van der Waals surface area (Å²) in [6, 6.07) is 3.13. The van der Waals surface area contributed by atoms with Crippen LogP contribution in [-0.4, -0.2) is 38.1 Å². The number of hydrogen-bond donors (Lipinski definition) is 0. The van der Waals surface area contributed by atoms with Gasteiger partial charge in [-0.25, -0.2) is 18.0 Å². The molecule has 1 rings (SSSR count). The zero-order valence-corrected chi connectivity index (χ0v) is 39.7. The Labute approximate surface area is 372 Å². The molecule has 0 radical (unpaired) electrons. The average molecular weight is 825 g/mol. The van der Waals surface area contributed by atoms with Gasteiger partial charge in [0, 0.05) is 0 Å². The Balaban J connectivity index is 0.0000314. The average Bonchev–Trinajstić information content (AvgIpc) is 3.18. The van der Waals surface area contributed by atoms with Crippen LogP contribution in [0.15, 0.2) is 47.4 Å². The van der Waals surface area contributed by atoms with Crippen LogP contribution in [0.3, 0.4) is 0 Å². The molecule has 0 spiro atoms. The van der Waals surface area contributed by atoms with Crippen LogP contribution in [0.1, 0.15) is 240 Å². The Morgan fingerprint density at radius 3 is 1.11 bits per heavy atom. The van der Waals surface area contributed by atoms with Gasteiger partial charge < -0.3 is 14.0 Å². The fraction of sp³-hybridized carbons (Fsp3) is 0.750. The number of esters is 2. The van der Waals surface area contributed by atoms with E-state index in [1.807, 2.05) is 0 Å². The third-order valence-corrected chi connectivity index (χ3v) is 11.3. The molecule has 0 aliphatic heterocycles. The monoisotopic (exact) mass is 825 g/mol. The summed E-state index contributed by atoms with van der Waals surface area (Å²) >= 11 is 0. The normalized spacial score (nSPS) is 11.7. The SMILES string of the molecule is CCCCCCCCCC/C=C/CCCCCCCCOC(=O)c1ccc(S(=O)(=O)[O-])cc1C(=O)OCCCCCCCC/C=C/CCCCCCCCCC.[Na+]. The zero-order chi connectivity index (χ0) is 40.8. The molecule has 7 nitrogen and oxygen atoms in total. The van der Waals surface area contributed by atoms with E-state index >= 15 is 0 Å². The van der Waals surface area contributed by atoms with Gasteiger partial charge in [-0.2, -0.15) is 0 Å². The van der Waals surface area contributed by atoms with Crippen molar-refractivity contribution in [1.82, 2.24) is 0 Å². The van der Waals surface area contributed by atoms with Crippen molar-refractivity contribution in [2.75, 3.05) is 13.2 Å². The van der Waals surface area contributed by atoms with Crippen molar-refractivity contribution < 1.29 is 61.6 Å². The predicted molar refractivity (Wildman–Crippen MR) is 232 cm³/mol. The molecule has 0 aliphatic rings. The summed E-state index contributed by atoms with van der Waals surface area (Å²) in [6.07, 6.45) is 47.9. The Morgan fingerprint density at radius 1 is 0.474 bits per heavy atom. The van der Waals surface area contributed by atoms with E-state index in [1.54, 1.807) is 0 Å². The number of benzene rings is 1. The topological polar surface area (TPSA) is 110 Å². The van der Waals surface area contributed by atoms with Gasteiger partial charge >= 0.3 is 41.5 Å². The first-order valence-corrected chi connectivity index (χ1v) is 24.5. The summed E-state index contributed by atoms with van der Waals surface area (Å²) in [7, 11) is -4.82. The summed E-state index contributed by atoms with van der Waals surface area (Å²) in [5, 5.41) is 0. The molecule has 0 heterocycles. The minimum absolute atomic E-state index is 0. The van der Waals surface area contributed by atoms with E-state index in [0.29, 0.717) is 12.8 Å². The molecule has 0 aliphatic carbocycles. The Hall–Kier alpha value is -1.45. The second-order valence-electron chi connectivity index (χ2n) is 15.7. The van der Waals surface area contributed by atoms with E-state index in [1.165, 1.54) is 147 Å². The van der Waals surface area contributed by atoms with Crippen LogP contribution in [-0.2, 0) is 19.6 Å². The van der Waals surface area contributed by atoms with E-state index in [4.69, 9.17) is 9.47 Å². The maximum Gasteiger partial charge on any atom is 1.00 e. The first-order valence-electron chi connectivity index (χ1n) is 23.0. The summed E-state index contributed by atoms with van der Waals surface area (Å²) in [4.78, 5) is 25.3. The van der Waals surface area contributed by atoms with Gasteiger partial charge in [0.25, 0.3) is 0 Å². The van der Waals surface area contributed by atoms with E-state index in [9.17, 15) is 22.6 Å². The van der Waals surface area contributed by atoms with Gasteiger partial charge in [0.1, 0.15) is 10.1 Å². The number of ether oxygens (including phenoxy) is 2. The Bertz CT molecular complexity index is 1280. The van der Waals surface area contributed by atoms with Gasteiger partial charge in [0.05, 0.1) is 29.2 Å². The molecule has 0 atom stereocenters. The summed E-state index contributed by atoms with van der Waals surface area (Å²) in [5.41, 5.74) is -0.348. The van der Waals surface area contributed by atoms with Gasteiger partial charge in [0.2, 0.25) is 0 Å². The van der Waals surface area contributed by atoms with Gasteiger partial charge in [-0.1, -0.05) is 179 Å². The molecule has 1 aromatic rings. The van der Waals surface area contributed by atoms with Gasteiger partial charge in [0.15, 0.2) is 0 Å². The molecule has 0 unspecified atom stereocenters. The minimum Gasteiger partial charge on any atom is -0.744 e. The molecule has 0 fully saturated rings. The molecule has 0 bridgehead atoms. The van der Waals surface area contributed by atoms with Crippen molar-refractivity contribution >= 4 is 22.1 Å². The van der Waals surface area contributed by atoms with E-state index in [0.717, 1.165) is 63.5 Å². The number of rotatable bonds is 39. The van der Waals surface area contributed by atoms with Crippen molar-refractivity contribution in [3.63, 3.8) is 0 Å². The molecule has 0 saturated heterocycles. The molecule has 9 heteroatoms. The summed E-state index contributed by atoms with van der Waals surface area (Å²) < 4.78 is 45.8. The maximum atomic E-state index is 12.9. The van der Waals surface area contributed by atoms with Crippen molar-refractivity contribution in [2.45, 2.75) is 224 Å². The van der Waals surface area contributed by atoms with E-state index in [2.05, 4.69) is 38.2 Å². The second kappa shape index (κ2) is 40.0. The van der Waals surface area contributed by atoms with E-state index < -0.39 is 27.0 Å². The number of allylic oxidation sites excluding steroid dienone is 4.